The second-order valence-electron chi connectivity index (χ2n) is 10.8. The lowest BCUT2D eigenvalue weighted by Crippen LogP contribution is -2.43. The number of hydrogen-bond acceptors (Lipinski definition) is 5. The molecule has 0 aliphatic rings. The molecule has 0 aliphatic heterocycles. The van der Waals surface area contributed by atoms with Crippen molar-refractivity contribution in [3.8, 4) is 11.4 Å². The number of nitrogens with one attached hydrogen (secondary N) is 2. The van der Waals surface area contributed by atoms with Crippen LogP contribution in [-0.4, -0.2) is 34.6 Å². The normalized spacial score (nSPS) is 11.3. The molecular weight excluding hydrogens is 670 g/mol. The third-order valence-corrected chi connectivity index (χ3v) is 8.45. The minimum Gasteiger partial charge on any atom is -0.338 e. The Morgan fingerprint density at radius 2 is 1.59 bits per heavy atom. The number of halogens is 2. The van der Waals surface area contributed by atoms with E-state index in [1.54, 1.807) is 29.1 Å². The van der Waals surface area contributed by atoms with E-state index in [0.29, 0.717) is 28.6 Å². The van der Waals surface area contributed by atoms with Crippen LogP contribution in [0.4, 0.5) is 5.69 Å². The van der Waals surface area contributed by atoms with Crippen molar-refractivity contribution in [3.05, 3.63) is 145 Å². The SMILES string of the molecule is O=C(Cn1c(=O)c2c(ncn2Cc2ccccc2)n(Cc2ccccc2)c1=O)Nc1cc(-c2nc3ccc(Br)cc3[nH]2)ccc1Cl. The van der Waals surface area contributed by atoms with E-state index >= 15 is 0 Å². The second-order valence-corrected chi connectivity index (χ2v) is 12.1. The van der Waals surface area contributed by atoms with Crippen molar-refractivity contribution >= 4 is 61.3 Å². The van der Waals surface area contributed by atoms with E-state index in [9.17, 15) is 14.4 Å². The summed E-state index contributed by atoms with van der Waals surface area (Å²) in [6.07, 6.45) is 1.55. The molecule has 7 rings (SSSR count). The number of nitrogens with zero attached hydrogens (tertiary/aromatic N) is 5. The molecular formula is C34H25BrClN7O3. The average Bonchev–Trinajstić information content (AvgIpc) is 3.67. The Balaban J connectivity index is 1.24. The number of carbonyl (C=O) groups excluding carboxylic acids is 1. The Kier molecular flexibility index (Phi) is 7.85. The molecule has 10 nitrogen and oxygen atoms in total. The molecule has 7 aromatic rings. The Bertz CT molecular complexity index is 2360. The summed E-state index contributed by atoms with van der Waals surface area (Å²) in [5.74, 6) is 0.00364. The fourth-order valence-corrected chi connectivity index (χ4v) is 5.93. The number of aromatic amines is 1. The molecule has 0 saturated carbocycles. The lowest BCUT2D eigenvalue weighted by atomic mass is 10.2. The molecule has 4 aromatic carbocycles. The third-order valence-electron chi connectivity index (χ3n) is 7.62. The summed E-state index contributed by atoms with van der Waals surface area (Å²) >= 11 is 9.94. The Hall–Kier alpha value is -5.26. The highest BCUT2D eigenvalue weighted by Gasteiger charge is 2.21. The van der Waals surface area contributed by atoms with Gasteiger partial charge in [0.05, 0.1) is 34.6 Å². The number of benzene rings is 4. The molecule has 228 valence electrons. The van der Waals surface area contributed by atoms with Crippen LogP contribution in [0.2, 0.25) is 5.02 Å². The predicted molar refractivity (Wildman–Crippen MR) is 182 cm³/mol. The molecule has 0 saturated heterocycles. The molecule has 12 heteroatoms. The number of imidazole rings is 2. The molecule has 1 amide bonds. The average molecular weight is 695 g/mol. The smallest absolute Gasteiger partial charge is 0.333 e. The molecule has 0 radical (unpaired) electrons. The van der Waals surface area contributed by atoms with Gasteiger partial charge < -0.3 is 14.9 Å². The summed E-state index contributed by atoms with van der Waals surface area (Å²) < 4.78 is 4.99. The van der Waals surface area contributed by atoms with Gasteiger partial charge in [-0.1, -0.05) is 88.2 Å². The molecule has 2 N–H and O–H groups in total. The standard InChI is InChI=1S/C34H25BrClN7O3/c35-24-12-14-26-28(16-24)40-31(39-26)23-11-13-25(36)27(15-23)38-29(44)19-43-33(45)30-32(37-20-41(30)17-21-7-3-1-4-8-21)42(34(43)46)18-22-9-5-2-6-10-22/h1-16,20H,17-19H2,(H,38,44)(H,39,40). The van der Waals surface area contributed by atoms with Crippen molar-refractivity contribution in [1.82, 2.24) is 28.7 Å². The van der Waals surface area contributed by atoms with Crippen molar-refractivity contribution in [2.45, 2.75) is 19.6 Å². The first-order valence-corrected chi connectivity index (χ1v) is 15.5. The van der Waals surface area contributed by atoms with Gasteiger partial charge in [0.15, 0.2) is 11.2 Å². The van der Waals surface area contributed by atoms with E-state index in [1.807, 2.05) is 78.9 Å². The van der Waals surface area contributed by atoms with Gasteiger partial charge in [-0.15, -0.1) is 0 Å². The van der Waals surface area contributed by atoms with E-state index < -0.39 is 23.7 Å². The highest BCUT2D eigenvalue weighted by Crippen LogP contribution is 2.29. The quantitative estimate of drug-likeness (QED) is 0.201. The summed E-state index contributed by atoms with van der Waals surface area (Å²) in [5, 5.41) is 3.07. The van der Waals surface area contributed by atoms with Crippen LogP contribution in [0.15, 0.2) is 117 Å². The molecule has 3 aromatic heterocycles. The first kappa shape index (κ1) is 29.5. The summed E-state index contributed by atoms with van der Waals surface area (Å²) in [4.78, 5) is 53.6. The van der Waals surface area contributed by atoms with Crippen LogP contribution in [0.25, 0.3) is 33.6 Å². The first-order valence-electron chi connectivity index (χ1n) is 14.4. The van der Waals surface area contributed by atoms with E-state index in [4.69, 9.17) is 11.6 Å². The van der Waals surface area contributed by atoms with Gasteiger partial charge in [-0.2, -0.15) is 0 Å². The van der Waals surface area contributed by atoms with E-state index in [1.165, 1.54) is 4.57 Å². The van der Waals surface area contributed by atoms with Crippen molar-refractivity contribution in [2.24, 2.45) is 0 Å². The van der Waals surface area contributed by atoms with Gasteiger partial charge in [0.25, 0.3) is 5.56 Å². The predicted octanol–water partition coefficient (Wildman–Crippen LogP) is 6.05. The fraction of sp³-hybridized carbons (Fsp3) is 0.0882. The topological polar surface area (TPSA) is 120 Å². The van der Waals surface area contributed by atoms with Gasteiger partial charge in [0.1, 0.15) is 12.4 Å². The Morgan fingerprint density at radius 3 is 2.33 bits per heavy atom. The van der Waals surface area contributed by atoms with Crippen LogP contribution >= 0.6 is 27.5 Å². The van der Waals surface area contributed by atoms with Crippen LogP contribution in [0, 0.1) is 0 Å². The molecule has 3 heterocycles. The monoisotopic (exact) mass is 693 g/mol. The number of rotatable bonds is 8. The number of H-pyrrole nitrogens is 1. The summed E-state index contributed by atoms with van der Waals surface area (Å²) in [7, 11) is 0. The number of fused-ring (bicyclic) bond motifs is 2. The number of hydrogen-bond donors (Lipinski definition) is 2. The maximum Gasteiger partial charge on any atom is 0.333 e. The number of anilines is 1. The molecule has 0 aliphatic carbocycles. The summed E-state index contributed by atoms with van der Waals surface area (Å²) in [6, 6.07) is 29.9. The Labute approximate surface area is 275 Å². The zero-order valence-electron chi connectivity index (χ0n) is 24.2. The fourth-order valence-electron chi connectivity index (χ4n) is 5.41. The van der Waals surface area contributed by atoms with Gasteiger partial charge in [-0.25, -0.2) is 19.3 Å². The van der Waals surface area contributed by atoms with Crippen LogP contribution in [-0.2, 0) is 24.4 Å². The summed E-state index contributed by atoms with van der Waals surface area (Å²) in [6.45, 7) is 0.00393. The van der Waals surface area contributed by atoms with Crippen LogP contribution < -0.4 is 16.6 Å². The van der Waals surface area contributed by atoms with Crippen LogP contribution in [0.1, 0.15) is 11.1 Å². The van der Waals surface area contributed by atoms with Crippen molar-refractivity contribution < 1.29 is 4.79 Å². The minimum absolute atomic E-state index is 0.169. The zero-order valence-corrected chi connectivity index (χ0v) is 26.5. The van der Waals surface area contributed by atoms with Crippen LogP contribution in [0.5, 0.6) is 0 Å². The summed E-state index contributed by atoms with van der Waals surface area (Å²) in [5.41, 5.74) is 3.67. The molecule has 0 atom stereocenters. The molecule has 0 fully saturated rings. The molecule has 46 heavy (non-hydrogen) atoms. The molecule has 0 unspecified atom stereocenters. The lowest BCUT2D eigenvalue weighted by molar-refractivity contribution is -0.116. The van der Waals surface area contributed by atoms with Gasteiger partial charge in [-0.3, -0.25) is 14.2 Å². The van der Waals surface area contributed by atoms with Crippen molar-refractivity contribution in [1.29, 1.82) is 0 Å². The maximum absolute atomic E-state index is 13.9. The van der Waals surface area contributed by atoms with E-state index in [0.717, 1.165) is 31.2 Å². The Morgan fingerprint density at radius 1 is 0.870 bits per heavy atom. The van der Waals surface area contributed by atoms with Gasteiger partial charge in [0, 0.05) is 16.6 Å². The minimum atomic E-state index is -0.644. The van der Waals surface area contributed by atoms with Crippen molar-refractivity contribution in [3.63, 3.8) is 0 Å². The second kappa shape index (κ2) is 12.3. The molecule has 0 bridgehead atoms. The highest BCUT2D eigenvalue weighted by atomic mass is 79.9. The van der Waals surface area contributed by atoms with E-state index in [2.05, 4.69) is 36.2 Å². The number of amides is 1. The number of carbonyl (C=O) groups is 1. The molecule has 0 spiro atoms. The highest BCUT2D eigenvalue weighted by molar-refractivity contribution is 9.10. The number of aromatic nitrogens is 6. The third kappa shape index (κ3) is 5.78. The largest absolute Gasteiger partial charge is 0.338 e. The van der Waals surface area contributed by atoms with Gasteiger partial charge >= 0.3 is 5.69 Å². The maximum atomic E-state index is 13.9. The van der Waals surface area contributed by atoms with Gasteiger partial charge in [-0.05, 0) is 47.5 Å². The van der Waals surface area contributed by atoms with Crippen molar-refractivity contribution in [2.75, 3.05) is 5.32 Å². The zero-order chi connectivity index (χ0) is 31.8. The van der Waals surface area contributed by atoms with E-state index in [-0.39, 0.29) is 17.7 Å². The van der Waals surface area contributed by atoms with Crippen LogP contribution in [0.3, 0.4) is 0 Å². The lowest BCUT2D eigenvalue weighted by Gasteiger charge is -2.14. The first-order chi connectivity index (χ1) is 22.3. The van der Waals surface area contributed by atoms with Gasteiger partial charge in [0.2, 0.25) is 5.91 Å².